The Balaban J connectivity index is 2.50. The van der Waals surface area contributed by atoms with Crippen LogP contribution in [0.4, 0.5) is 0 Å². The minimum absolute atomic E-state index is 0.270. The predicted octanol–water partition coefficient (Wildman–Crippen LogP) is 1.51. The summed E-state index contributed by atoms with van der Waals surface area (Å²) in [6, 6.07) is 0. The Hall–Kier alpha value is -0.610. The quantitative estimate of drug-likeness (QED) is 0.744. The lowest BCUT2D eigenvalue weighted by Crippen LogP contribution is -2.50. The Morgan fingerprint density at radius 2 is 2.25 bits per heavy atom. The van der Waals surface area contributed by atoms with Crippen LogP contribution in [-0.2, 0) is 14.3 Å². The first-order valence-corrected chi connectivity index (χ1v) is 5.95. The van der Waals surface area contributed by atoms with Crippen LogP contribution in [-0.4, -0.2) is 36.0 Å². The summed E-state index contributed by atoms with van der Waals surface area (Å²) in [5, 5.41) is 10.1. The van der Waals surface area contributed by atoms with Crippen LogP contribution in [0.5, 0.6) is 0 Å². The first kappa shape index (κ1) is 13.5. The Bertz CT molecular complexity index is 229. The fourth-order valence-electron chi connectivity index (χ4n) is 1.70. The topological polar surface area (TPSA) is 55.8 Å². The molecule has 4 heteroatoms. The van der Waals surface area contributed by atoms with Gasteiger partial charge in [0.15, 0.2) is 5.60 Å². The van der Waals surface area contributed by atoms with Gasteiger partial charge in [0.1, 0.15) is 0 Å². The zero-order valence-corrected chi connectivity index (χ0v) is 10.4. The molecular formula is C12H22O4. The van der Waals surface area contributed by atoms with Crippen LogP contribution in [0.25, 0.3) is 0 Å². The van der Waals surface area contributed by atoms with E-state index in [4.69, 9.17) is 9.47 Å². The highest BCUT2D eigenvalue weighted by atomic mass is 16.6. The first-order valence-electron chi connectivity index (χ1n) is 5.95. The molecule has 2 atom stereocenters. The molecule has 0 spiro atoms. The second-order valence-electron chi connectivity index (χ2n) is 5.00. The van der Waals surface area contributed by atoms with E-state index in [0.717, 1.165) is 12.8 Å². The third-order valence-corrected chi connectivity index (χ3v) is 2.77. The molecule has 0 aromatic carbocycles. The summed E-state index contributed by atoms with van der Waals surface area (Å²) in [7, 11) is 0. The number of esters is 1. The maximum absolute atomic E-state index is 11.7. The fraction of sp³-hybridized carbons (Fsp3) is 0.917. The van der Waals surface area contributed by atoms with Crippen LogP contribution < -0.4 is 0 Å². The van der Waals surface area contributed by atoms with Gasteiger partial charge in [-0.1, -0.05) is 13.8 Å². The summed E-state index contributed by atoms with van der Waals surface area (Å²) in [6.45, 7) is 6.34. The molecule has 1 fully saturated rings. The number of rotatable bonds is 4. The zero-order valence-electron chi connectivity index (χ0n) is 10.4. The SMILES string of the molecule is CC(C)COC(=O)[C@](C)(O)C1CCCCO1. The average molecular weight is 230 g/mol. The summed E-state index contributed by atoms with van der Waals surface area (Å²) in [6.07, 6.45) is 2.26. The van der Waals surface area contributed by atoms with E-state index in [2.05, 4.69) is 0 Å². The standard InChI is InChI=1S/C12H22O4/c1-9(2)8-16-11(13)12(3,14)10-6-4-5-7-15-10/h9-10,14H,4-8H2,1-3H3/t10?,12-/m1/s1. The molecule has 1 aliphatic heterocycles. The first-order chi connectivity index (χ1) is 7.44. The van der Waals surface area contributed by atoms with Crippen LogP contribution in [0.3, 0.4) is 0 Å². The lowest BCUT2D eigenvalue weighted by Gasteiger charge is -2.33. The highest BCUT2D eigenvalue weighted by Crippen LogP contribution is 2.24. The minimum Gasteiger partial charge on any atom is -0.463 e. The van der Waals surface area contributed by atoms with E-state index < -0.39 is 17.7 Å². The van der Waals surface area contributed by atoms with Crippen molar-refractivity contribution in [3.63, 3.8) is 0 Å². The third-order valence-electron chi connectivity index (χ3n) is 2.77. The number of carbonyl (C=O) groups excluding carboxylic acids is 1. The molecule has 0 saturated carbocycles. The normalized spacial score (nSPS) is 25.2. The van der Waals surface area contributed by atoms with Gasteiger partial charge in [0, 0.05) is 6.61 Å². The molecule has 1 heterocycles. The second kappa shape index (κ2) is 5.64. The largest absolute Gasteiger partial charge is 0.463 e. The van der Waals surface area contributed by atoms with Gasteiger partial charge in [-0.2, -0.15) is 0 Å². The molecule has 0 aliphatic carbocycles. The van der Waals surface area contributed by atoms with Crippen LogP contribution >= 0.6 is 0 Å². The van der Waals surface area contributed by atoms with Gasteiger partial charge >= 0.3 is 5.97 Å². The van der Waals surface area contributed by atoms with E-state index in [-0.39, 0.29) is 5.92 Å². The molecule has 0 aromatic rings. The van der Waals surface area contributed by atoms with Gasteiger partial charge in [0.25, 0.3) is 0 Å². The Kier molecular flexibility index (Phi) is 4.74. The van der Waals surface area contributed by atoms with Crippen LogP contribution in [0.1, 0.15) is 40.0 Å². The van der Waals surface area contributed by atoms with E-state index in [1.807, 2.05) is 13.8 Å². The van der Waals surface area contributed by atoms with E-state index in [0.29, 0.717) is 19.6 Å². The molecule has 1 N–H and O–H groups in total. The number of ether oxygens (including phenoxy) is 2. The highest BCUT2D eigenvalue weighted by molar-refractivity contribution is 5.79. The van der Waals surface area contributed by atoms with Crippen molar-refractivity contribution in [3.05, 3.63) is 0 Å². The van der Waals surface area contributed by atoms with Crippen molar-refractivity contribution in [2.24, 2.45) is 5.92 Å². The Morgan fingerprint density at radius 1 is 1.56 bits per heavy atom. The molecule has 4 nitrogen and oxygen atoms in total. The zero-order chi connectivity index (χ0) is 12.2. The maximum atomic E-state index is 11.7. The van der Waals surface area contributed by atoms with Gasteiger partial charge in [0.05, 0.1) is 12.7 Å². The minimum atomic E-state index is -1.52. The van der Waals surface area contributed by atoms with Crippen LogP contribution in [0.15, 0.2) is 0 Å². The lowest BCUT2D eigenvalue weighted by atomic mass is 9.93. The third kappa shape index (κ3) is 3.46. The molecule has 1 saturated heterocycles. The van der Waals surface area contributed by atoms with E-state index in [9.17, 15) is 9.90 Å². The molecule has 1 rings (SSSR count). The van der Waals surface area contributed by atoms with E-state index in [1.54, 1.807) is 0 Å². The lowest BCUT2D eigenvalue weighted by molar-refractivity contribution is -0.185. The van der Waals surface area contributed by atoms with Crippen molar-refractivity contribution in [1.29, 1.82) is 0 Å². The number of hydrogen-bond acceptors (Lipinski definition) is 4. The van der Waals surface area contributed by atoms with Crippen molar-refractivity contribution >= 4 is 5.97 Å². The number of hydrogen-bond donors (Lipinski definition) is 1. The Labute approximate surface area is 96.9 Å². The Morgan fingerprint density at radius 3 is 2.75 bits per heavy atom. The summed E-state index contributed by atoms with van der Waals surface area (Å²) in [4.78, 5) is 11.7. The van der Waals surface area contributed by atoms with E-state index in [1.165, 1.54) is 6.92 Å². The molecule has 0 bridgehead atoms. The molecular weight excluding hydrogens is 208 g/mol. The van der Waals surface area contributed by atoms with Gasteiger partial charge in [-0.25, -0.2) is 4.79 Å². The summed E-state index contributed by atoms with van der Waals surface area (Å²) < 4.78 is 10.5. The van der Waals surface area contributed by atoms with Crippen molar-refractivity contribution in [3.8, 4) is 0 Å². The molecule has 94 valence electrons. The highest BCUT2D eigenvalue weighted by Gasteiger charge is 2.42. The molecule has 1 unspecified atom stereocenters. The van der Waals surface area contributed by atoms with E-state index >= 15 is 0 Å². The van der Waals surface area contributed by atoms with Gasteiger partial charge < -0.3 is 14.6 Å². The summed E-state index contributed by atoms with van der Waals surface area (Å²) >= 11 is 0. The smallest absolute Gasteiger partial charge is 0.340 e. The number of carbonyl (C=O) groups is 1. The van der Waals surface area contributed by atoms with Gasteiger partial charge in [-0.3, -0.25) is 0 Å². The average Bonchev–Trinajstić information content (AvgIpc) is 2.27. The summed E-state index contributed by atoms with van der Waals surface area (Å²) in [5.41, 5.74) is -1.52. The summed E-state index contributed by atoms with van der Waals surface area (Å²) in [5.74, 6) is -0.305. The molecule has 0 amide bonds. The fourth-order valence-corrected chi connectivity index (χ4v) is 1.70. The van der Waals surface area contributed by atoms with Crippen LogP contribution in [0, 0.1) is 5.92 Å². The van der Waals surface area contributed by atoms with Gasteiger partial charge in [-0.15, -0.1) is 0 Å². The molecule has 16 heavy (non-hydrogen) atoms. The van der Waals surface area contributed by atoms with Gasteiger partial charge in [-0.05, 0) is 32.1 Å². The maximum Gasteiger partial charge on any atom is 0.340 e. The van der Waals surface area contributed by atoms with Crippen LogP contribution in [0.2, 0.25) is 0 Å². The number of aliphatic hydroxyl groups is 1. The van der Waals surface area contributed by atoms with Crippen molar-refractivity contribution in [2.75, 3.05) is 13.2 Å². The van der Waals surface area contributed by atoms with Crippen molar-refractivity contribution in [1.82, 2.24) is 0 Å². The second-order valence-corrected chi connectivity index (χ2v) is 5.00. The molecule has 1 aliphatic rings. The molecule has 0 aromatic heterocycles. The monoisotopic (exact) mass is 230 g/mol. The molecule has 0 radical (unpaired) electrons. The van der Waals surface area contributed by atoms with Crippen molar-refractivity contribution < 1.29 is 19.4 Å². The predicted molar refractivity (Wildman–Crippen MR) is 60.0 cm³/mol. The van der Waals surface area contributed by atoms with Crippen molar-refractivity contribution in [2.45, 2.75) is 51.7 Å². The van der Waals surface area contributed by atoms with Gasteiger partial charge in [0.2, 0.25) is 0 Å².